The van der Waals surface area contributed by atoms with Crippen molar-refractivity contribution in [1.29, 1.82) is 5.26 Å². The van der Waals surface area contributed by atoms with Gasteiger partial charge in [0.1, 0.15) is 17.6 Å². The van der Waals surface area contributed by atoms with Gasteiger partial charge in [0.2, 0.25) is 0 Å². The lowest BCUT2D eigenvalue weighted by molar-refractivity contribution is -0.136. The Bertz CT molecular complexity index is 644. The van der Waals surface area contributed by atoms with Gasteiger partial charge in [-0.05, 0) is 18.2 Å². The number of nitrogens with zero attached hydrogens (tertiary/aromatic N) is 1. The maximum absolute atomic E-state index is 10.8. The largest absolute Gasteiger partial charge is 0.481 e. The summed E-state index contributed by atoms with van der Waals surface area (Å²) in [4.78, 5) is 10.8. The highest BCUT2D eigenvalue weighted by Gasteiger charge is 2.10. The second-order valence-corrected chi connectivity index (χ2v) is 3.89. The molecule has 2 aromatic carbocycles. The summed E-state index contributed by atoms with van der Waals surface area (Å²) in [7, 11) is 0. The summed E-state index contributed by atoms with van der Waals surface area (Å²) in [5.74, 6) is -0.0555. The average Bonchev–Trinajstić information content (AvgIpc) is 2.41. The summed E-state index contributed by atoms with van der Waals surface area (Å²) in [6, 6.07) is 15.8. The van der Waals surface area contributed by atoms with E-state index in [2.05, 4.69) is 0 Å². The van der Waals surface area contributed by atoms with E-state index in [1.165, 1.54) is 0 Å². The Morgan fingerprint density at radius 2 is 1.74 bits per heavy atom. The van der Waals surface area contributed by atoms with Crippen molar-refractivity contribution in [1.82, 2.24) is 0 Å². The number of carboxylic acid groups (broad SMARTS) is 1. The minimum absolute atomic E-state index is 0.120. The van der Waals surface area contributed by atoms with E-state index in [1.54, 1.807) is 48.5 Å². The van der Waals surface area contributed by atoms with Gasteiger partial charge in [0.25, 0.3) is 0 Å². The fourth-order valence-corrected chi connectivity index (χ4v) is 1.68. The monoisotopic (exact) mass is 253 g/mol. The zero-order chi connectivity index (χ0) is 13.7. The number of hydrogen-bond donors (Lipinski definition) is 1. The van der Waals surface area contributed by atoms with E-state index in [0.717, 1.165) is 0 Å². The lowest BCUT2D eigenvalue weighted by Crippen LogP contribution is -2.02. The predicted molar refractivity (Wildman–Crippen MR) is 69.0 cm³/mol. The second-order valence-electron chi connectivity index (χ2n) is 3.89. The van der Waals surface area contributed by atoms with Gasteiger partial charge in [0.05, 0.1) is 12.0 Å². The summed E-state index contributed by atoms with van der Waals surface area (Å²) in [5.41, 5.74) is 0.982. The van der Waals surface area contributed by atoms with Gasteiger partial charge >= 0.3 is 5.97 Å². The van der Waals surface area contributed by atoms with Crippen LogP contribution in [-0.4, -0.2) is 11.1 Å². The molecule has 0 amide bonds. The van der Waals surface area contributed by atoms with Gasteiger partial charge in [-0.2, -0.15) is 5.26 Å². The zero-order valence-corrected chi connectivity index (χ0v) is 10.0. The number of aliphatic carboxylic acids is 1. The van der Waals surface area contributed by atoms with Crippen molar-refractivity contribution in [3.05, 3.63) is 59.7 Å². The first-order valence-corrected chi connectivity index (χ1v) is 5.67. The minimum atomic E-state index is -0.926. The van der Waals surface area contributed by atoms with Crippen LogP contribution in [0.1, 0.15) is 11.1 Å². The van der Waals surface area contributed by atoms with Crippen molar-refractivity contribution in [2.75, 3.05) is 0 Å². The molecular formula is C15H11NO3. The van der Waals surface area contributed by atoms with Crippen LogP contribution in [0.4, 0.5) is 0 Å². The van der Waals surface area contributed by atoms with E-state index in [4.69, 9.17) is 15.1 Å². The van der Waals surface area contributed by atoms with Crippen molar-refractivity contribution in [2.45, 2.75) is 6.42 Å². The number of carboxylic acids is 1. The molecule has 0 spiro atoms. The number of nitriles is 1. The van der Waals surface area contributed by atoms with Gasteiger partial charge < -0.3 is 9.84 Å². The van der Waals surface area contributed by atoms with E-state index < -0.39 is 5.97 Å². The Morgan fingerprint density at radius 3 is 2.42 bits per heavy atom. The molecule has 0 fully saturated rings. The molecule has 94 valence electrons. The molecule has 2 aromatic rings. The molecule has 2 rings (SSSR count). The molecule has 0 atom stereocenters. The van der Waals surface area contributed by atoms with Crippen molar-refractivity contribution in [3.8, 4) is 17.6 Å². The average molecular weight is 253 g/mol. The molecule has 4 nitrogen and oxygen atoms in total. The highest BCUT2D eigenvalue weighted by molar-refractivity contribution is 5.71. The fourth-order valence-electron chi connectivity index (χ4n) is 1.68. The summed E-state index contributed by atoms with van der Waals surface area (Å²) in [6.07, 6.45) is -0.120. The molecule has 1 N–H and O–H groups in total. The molecule has 0 bridgehead atoms. The molecular weight excluding hydrogens is 242 g/mol. The van der Waals surface area contributed by atoms with Gasteiger partial charge in [-0.15, -0.1) is 0 Å². The molecule has 0 unspecified atom stereocenters. The minimum Gasteiger partial charge on any atom is -0.481 e. The summed E-state index contributed by atoms with van der Waals surface area (Å²) in [5, 5.41) is 17.8. The third-order valence-electron chi connectivity index (χ3n) is 2.54. The van der Waals surface area contributed by atoms with Crippen LogP contribution in [0.15, 0.2) is 48.5 Å². The number of benzene rings is 2. The Morgan fingerprint density at radius 1 is 1.11 bits per heavy atom. The van der Waals surface area contributed by atoms with Gasteiger partial charge in [-0.3, -0.25) is 4.79 Å². The van der Waals surface area contributed by atoms with E-state index in [0.29, 0.717) is 22.6 Å². The van der Waals surface area contributed by atoms with E-state index >= 15 is 0 Å². The number of carbonyl (C=O) groups is 1. The SMILES string of the molecule is N#Cc1ccccc1Oc1ccccc1CC(=O)O. The molecule has 0 radical (unpaired) electrons. The summed E-state index contributed by atoms with van der Waals surface area (Å²) < 4.78 is 5.65. The molecule has 4 heteroatoms. The first-order valence-electron chi connectivity index (χ1n) is 5.67. The lowest BCUT2D eigenvalue weighted by Gasteiger charge is -2.10. The first kappa shape index (κ1) is 12.7. The molecule has 0 aliphatic carbocycles. The number of rotatable bonds is 4. The van der Waals surface area contributed by atoms with Crippen molar-refractivity contribution in [2.24, 2.45) is 0 Å². The third-order valence-corrected chi connectivity index (χ3v) is 2.54. The quantitative estimate of drug-likeness (QED) is 0.909. The fraction of sp³-hybridized carbons (Fsp3) is 0.0667. The molecule has 0 heterocycles. The summed E-state index contributed by atoms with van der Waals surface area (Å²) >= 11 is 0. The number of ether oxygens (including phenoxy) is 1. The van der Waals surface area contributed by atoms with Gasteiger partial charge in [0.15, 0.2) is 0 Å². The molecule has 0 saturated carbocycles. The van der Waals surface area contributed by atoms with Crippen LogP contribution in [0.25, 0.3) is 0 Å². The predicted octanol–water partition coefficient (Wildman–Crippen LogP) is 2.98. The molecule has 0 saturated heterocycles. The smallest absolute Gasteiger partial charge is 0.307 e. The third kappa shape index (κ3) is 3.11. The van der Waals surface area contributed by atoms with Crippen LogP contribution < -0.4 is 4.74 Å². The summed E-state index contributed by atoms with van der Waals surface area (Å²) in [6.45, 7) is 0. The maximum atomic E-state index is 10.8. The zero-order valence-electron chi connectivity index (χ0n) is 10.0. The van der Waals surface area contributed by atoms with Gasteiger partial charge in [-0.1, -0.05) is 30.3 Å². The Kier molecular flexibility index (Phi) is 3.79. The van der Waals surface area contributed by atoms with Gasteiger partial charge in [0, 0.05) is 5.56 Å². The van der Waals surface area contributed by atoms with Crippen LogP contribution >= 0.6 is 0 Å². The van der Waals surface area contributed by atoms with E-state index in [-0.39, 0.29) is 6.42 Å². The molecule has 0 aliphatic rings. The topological polar surface area (TPSA) is 70.3 Å². The Balaban J connectivity index is 2.33. The van der Waals surface area contributed by atoms with E-state index in [1.807, 2.05) is 6.07 Å². The number of hydrogen-bond acceptors (Lipinski definition) is 3. The van der Waals surface area contributed by atoms with Crippen molar-refractivity contribution >= 4 is 5.97 Å². The standard InChI is InChI=1S/C15H11NO3/c16-10-12-6-2-4-8-14(12)19-13-7-3-1-5-11(13)9-15(17)18/h1-8H,9H2,(H,17,18). The highest BCUT2D eigenvalue weighted by atomic mass is 16.5. The molecule has 19 heavy (non-hydrogen) atoms. The molecule has 0 aliphatic heterocycles. The Hall–Kier alpha value is -2.80. The van der Waals surface area contributed by atoms with Crippen molar-refractivity contribution in [3.63, 3.8) is 0 Å². The molecule has 0 aromatic heterocycles. The highest BCUT2D eigenvalue weighted by Crippen LogP contribution is 2.27. The van der Waals surface area contributed by atoms with Crippen molar-refractivity contribution < 1.29 is 14.6 Å². The van der Waals surface area contributed by atoms with Crippen LogP contribution in [0.3, 0.4) is 0 Å². The van der Waals surface area contributed by atoms with Crippen LogP contribution in [0, 0.1) is 11.3 Å². The van der Waals surface area contributed by atoms with E-state index in [9.17, 15) is 4.79 Å². The van der Waals surface area contributed by atoms with Crippen LogP contribution in [-0.2, 0) is 11.2 Å². The first-order chi connectivity index (χ1) is 9.20. The lowest BCUT2D eigenvalue weighted by atomic mass is 10.1. The normalized spacial score (nSPS) is 9.63. The Labute approximate surface area is 110 Å². The second kappa shape index (κ2) is 5.69. The van der Waals surface area contributed by atoms with Crippen LogP contribution in [0.2, 0.25) is 0 Å². The van der Waals surface area contributed by atoms with Gasteiger partial charge in [-0.25, -0.2) is 0 Å². The maximum Gasteiger partial charge on any atom is 0.307 e. The number of para-hydroxylation sites is 2. The van der Waals surface area contributed by atoms with Crippen LogP contribution in [0.5, 0.6) is 11.5 Å².